The standard InChI is InChI=1S/C25H22FNO4/c1-3-16-7-10-17(11-8-16)22-21(23(28)18-9-6-15(2)20(26)13-18)24(29)25(30)27(22)14-19-5-4-12-31-19/h4-13,22,28H,3,14H2,1-2H3/t22-/m1/s1. The molecule has 2 aromatic carbocycles. The van der Waals surface area contributed by atoms with E-state index >= 15 is 0 Å². The largest absolute Gasteiger partial charge is 0.507 e. The van der Waals surface area contributed by atoms with Crippen molar-refractivity contribution in [1.29, 1.82) is 0 Å². The number of aliphatic hydroxyl groups is 1. The second-order valence-electron chi connectivity index (χ2n) is 7.57. The molecule has 0 bridgehead atoms. The fraction of sp³-hybridized carbons (Fsp3) is 0.200. The van der Waals surface area contributed by atoms with E-state index < -0.39 is 29.3 Å². The third kappa shape index (κ3) is 3.77. The molecule has 1 N–H and O–H groups in total. The molecule has 1 saturated heterocycles. The fourth-order valence-corrected chi connectivity index (χ4v) is 3.79. The summed E-state index contributed by atoms with van der Waals surface area (Å²) in [7, 11) is 0. The summed E-state index contributed by atoms with van der Waals surface area (Å²) in [6.07, 6.45) is 2.33. The second-order valence-corrected chi connectivity index (χ2v) is 7.57. The van der Waals surface area contributed by atoms with Gasteiger partial charge in [0.1, 0.15) is 17.3 Å². The molecule has 0 unspecified atom stereocenters. The zero-order chi connectivity index (χ0) is 22.1. The van der Waals surface area contributed by atoms with E-state index in [0.29, 0.717) is 16.9 Å². The molecule has 1 aliphatic rings. The normalized spacial score (nSPS) is 18.0. The van der Waals surface area contributed by atoms with Crippen molar-refractivity contribution in [2.24, 2.45) is 0 Å². The SMILES string of the molecule is CCc1ccc([C@@H]2C(=C(O)c3ccc(C)c(F)c3)C(=O)C(=O)N2Cc2ccco2)cc1. The molecule has 3 aromatic rings. The van der Waals surface area contributed by atoms with Gasteiger partial charge in [-0.25, -0.2) is 4.39 Å². The minimum absolute atomic E-state index is 0.0657. The summed E-state index contributed by atoms with van der Waals surface area (Å²) in [4.78, 5) is 27.3. The Morgan fingerprint density at radius 1 is 1.13 bits per heavy atom. The Labute approximate surface area is 179 Å². The lowest BCUT2D eigenvalue weighted by atomic mass is 9.94. The zero-order valence-electron chi connectivity index (χ0n) is 17.3. The number of carbonyl (C=O) groups is 2. The maximum absolute atomic E-state index is 14.1. The summed E-state index contributed by atoms with van der Waals surface area (Å²) in [6.45, 7) is 3.71. The lowest BCUT2D eigenvalue weighted by Gasteiger charge is -2.24. The van der Waals surface area contributed by atoms with Gasteiger partial charge in [-0.1, -0.05) is 43.3 Å². The van der Waals surface area contributed by atoms with Crippen LogP contribution in [0.5, 0.6) is 0 Å². The highest BCUT2D eigenvalue weighted by molar-refractivity contribution is 6.46. The van der Waals surface area contributed by atoms with Gasteiger partial charge in [0.15, 0.2) is 0 Å². The smallest absolute Gasteiger partial charge is 0.296 e. The summed E-state index contributed by atoms with van der Waals surface area (Å²) in [5, 5.41) is 11.0. The van der Waals surface area contributed by atoms with Crippen LogP contribution >= 0.6 is 0 Å². The van der Waals surface area contributed by atoms with Crippen molar-refractivity contribution in [2.75, 3.05) is 0 Å². The maximum Gasteiger partial charge on any atom is 0.296 e. The van der Waals surface area contributed by atoms with Crippen molar-refractivity contribution in [2.45, 2.75) is 32.9 Å². The van der Waals surface area contributed by atoms with E-state index in [1.54, 1.807) is 19.1 Å². The number of benzene rings is 2. The summed E-state index contributed by atoms with van der Waals surface area (Å²) < 4.78 is 19.5. The Balaban J connectivity index is 1.86. The number of hydrogen-bond donors (Lipinski definition) is 1. The van der Waals surface area contributed by atoms with E-state index in [4.69, 9.17) is 4.42 Å². The zero-order valence-corrected chi connectivity index (χ0v) is 17.3. The number of ketones is 1. The fourth-order valence-electron chi connectivity index (χ4n) is 3.79. The third-order valence-electron chi connectivity index (χ3n) is 5.60. The molecule has 0 saturated carbocycles. The number of likely N-dealkylation sites (tertiary alicyclic amines) is 1. The van der Waals surface area contributed by atoms with Crippen LogP contribution in [-0.2, 0) is 22.6 Å². The Morgan fingerprint density at radius 3 is 2.48 bits per heavy atom. The lowest BCUT2D eigenvalue weighted by molar-refractivity contribution is -0.140. The van der Waals surface area contributed by atoms with Crippen molar-refractivity contribution in [1.82, 2.24) is 4.90 Å². The van der Waals surface area contributed by atoms with Gasteiger partial charge < -0.3 is 14.4 Å². The predicted molar refractivity (Wildman–Crippen MR) is 114 cm³/mol. The maximum atomic E-state index is 14.1. The monoisotopic (exact) mass is 419 g/mol. The van der Waals surface area contributed by atoms with Crippen molar-refractivity contribution >= 4 is 17.4 Å². The number of Topliss-reactive ketones (excluding diaryl/α,β-unsaturated/α-hetero) is 1. The van der Waals surface area contributed by atoms with Crippen LogP contribution in [0.25, 0.3) is 5.76 Å². The number of furan rings is 1. The van der Waals surface area contributed by atoms with Crippen LogP contribution in [0.2, 0.25) is 0 Å². The topological polar surface area (TPSA) is 70.8 Å². The molecular weight excluding hydrogens is 397 g/mol. The molecule has 1 amide bonds. The van der Waals surface area contributed by atoms with Crippen LogP contribution in [0.4, 0.5) is 4.39 Å². The van der Waals surface area contributed by atoms with Gasteiger partial charge in [-0.15, -0.1) is 0 Å². The highest BCUT2D eigenvalue weighted by Crippen LogP contribution is 2.40. The molecule has 5 nitrogen and oxygen atoms in total. The first kappa shape index (κ1) is 20.6. The molecule has 6 heteroatoms. The van der Waals surface area contributed by atoms with Gasteiger partial charge in [-0.2, -0.15) is 0 Å². The molecule has 0 spiro atoms. The summed E-state index contributed by atoms with van der Waals surface area (Å²) in [6, 6.07) is 14.3. The molecule has 158 valence electrons. The average molecular weight is 419 g/mol. The van der Waals surface area contributed by atoms with Crippen LogP contribution < -0.4 is 0 Å². The predicted octanol–water partition coefficient (Wildman–Crippen LogP) is 4.91. The Bertz CT molecular complexity index is 1160. The number of halogens is 1. The van der Waals surface area contributed by atoms with E-state index in [1.807, 2.05) is 31.2 Å². The molecule has 0 radical (unpaired) electrons. The quantitative estimate of drug-likeness (QED) is 0.362. The van der Waals surface area contributed by atoms with Gasteiger partial charge in [0.25, 0.3) is 11.7 Å². The van der Waals surface area contributed by atoms with Crippen molar-refractivity contribution in [3.05, 3.63) is 100 Å². The van der Waals surface area contributed by atoms with Crippen LogP contribution in [0.15, 0.2) is 70.9 Å². The highest BCUT2D eigenvalue weighted by atomic mass is 19.1. The van der Waals surface area contributed by atoms with Gasteiger partial charge >= 0.3 is 0 Å². The van der Waals surface area contributed by atoms with Gasteiger partial charge in [-0.05, 0) is 48.2 Å². The van der Waals surface area contributed by atoms with Gasteiger partial charge in [0.2, 0.25) is 0 Å². The summed E-state index contributed by atoms with van der Waals surface area (Å²) in [5.74, 6) is -1.94. The molecular formula is C25H22FNO4. The number of aryl methyl sites for hydroxylation is 2. The van der Waals surface area contributed by atoms with Crippen LogP contribution in [-0.4, -0.2) is 21.7 Å². The molecule has 1 atom stereocenters. The van der Waals surface area contributed by atoms with Crippen LogP contribution in [0, 0.1) is 12.7 Å². The molecule has 1 aromatic heterocycles. The van der Waals surface area contributed by atoms with Gasteiger partial charge in [0, 0.05) is 5.56 Å². The first-order valence-corrected chi connectivity index (χ1v) is 10.1. The molecule has 1 aliphatic heterocycles. The van der Waals surface area contributed by atoms with Crippen LogP contribution in [0.3, 0.4) is 0 Å². The van der Waals surface area contributed by atoms with Crippen molar-refractivity contribution in [3.8, 4) is 0 Å². The first-order chi connectivity index (χ1) is 14.9. The number of nitrogens with zero attached hydrogens (tertiary/aromatic N) is 1. The molecule has 4 rings (SSSR count). The van der Waals surface area contributed by atoms with Gasteiger partial charge in [0.05, 0.1) is 24.4 Å². The Hall–Kier alpha value is -3.67. The van der Waals surface area contributed by atoms with Crippen molar-refractivity contribution < 1.29 is 23.5 Å². The van der Waals surface area contributed by atoms with E-state index in [2.05, 4.69) is 0 Å². The number of hydrogen-bond acceptors (Lipinski definition) is 4. The Kier molecular flexibility index (Phi) is 5.46. The summed E-state index contributed by atoms with van der Waals surface area (Å²) >= 11 is 0. The number of amides is 1. The van der Waals surface area contributed by atoms with Crippen molar-refractivity contribution in [3.63, 3.8) is 0 Å². The Morgan fingerprint density at radius 2 is 1.87 bits per heavy atom. The molecule has 1 fully saturated rings. The molecule has 0 aliphatic carbocycles. The van der Waals surface area contributed by atoms with Crippen LogP contribution in [0.1, 0.15) is 41.0 Å². The minimum atomic E-state index is -0.819. The minimum Gasteiger partial charge on any atom is -0.507 e. The number of carbonyl (C=O) groups excluding carboxylic acids is 2. The number of rotatable bonds is 5. The summed E-state index contributed by atoms with van der Waals surface area (Å²) in [5.41, 5.74) is 2.28. The lowest BCUT2D eigenvalue weighted by Crippen LogP contribution is -2.29. The number of aliphatic hydroxyl groups excluding tert-OH is 1. The second kappa shape index (κ2) is 8.22. The average Bonchev–Trinajstić information content (AvgIpc) is 3.38. The highest BCUT2D eigenvalue weighted by Gasteiger charge is 2.46. The van der Waals surface area contributed by atoms with E-state index in [-0.39, 0.29) is 17.7 Å². The first-order valence-electron chi connectivity index (χ1n) is 10.1. The van der Waals surface area contributed by atoms with E-state index in [1.165, 1.54) is 29.4 Å². The van der Waals surface area contributed by atoms with E-state index in [9.17, 15) is 19.1 Å². The van der Waals surface area contributed by atoms with Gasteiger partial charge in [-0.3, -0.25) is 9.59 Å². The van der Waals surface area contributed by atoms with E-state index in [0.717, 1.165) is 12.0 Å². The third-order valence-corrected chi connectivity index (χ3v) is 5.60. The molecule has 2 heterocycles. The molecule has 31 heavy (non-hydrogen) atoms.